The number of phenolic OH excluding ortho intramolecular Hbond substituents is 1. The third-order valence-electron chi connectivity index (χ3n) is 5.08. The Kier molecular flexibility index (Phi) is 4.72. The van der Waals surface area contributed by atoms with Gasteiger partial charge in [0, 0.05) is 42.7 Å². The minimum atomic E-state index is -0.409. The predicted molar refractivity (Wildman–Crippen MR) is 98.6 cm³/mol. The Balaban J connectivity index is 1.43. The molecule has 3 heterocycles. The lowest BCUT2D eigenvalue weighted by Gasteiger charge is -2.17. The largest absolute Gasteiger partial charge is 0.508 e. The Morgan fingerprint density at radius 2 is 2.19 bits per heavy atom. The average Bonchev–Trinajstić information content (AvgIpc) is 3.19. The second-order valence-electron chi connectivity index (χ2n) is 7.03. The van der Waals surface area contributed by atoms with Gasteiger partial charge < -0.3 is 18.8 Å². The van der Waals surface area contributed by atoms with E-state index in [2.05, 4.69) is 10.1 Å². The lowest BCUT2D eigenvalue weighted by atomic mass is 10.1. The third kappa shape index (κ3) is 3.74. The van der Waals surface area contributed by atoms with E-state index in [0.29, 0.717) is 18.7 Å². The summed E-state index contributed by atoms with van der Waals surface area (Å²) in [6, 6.07) is 6.38. The van der Waals surface area contributed by atoms with Crippen molar-refractivity contribution < 1.29 is 18.8 Å². The molecule has 1 saturated heterocycles. The number of phenols is 1. The van der Waals surface area contributed by atoms with Gasteiger partial charge in [0.25, 0.3) is 0 Å². The van der Waals surface area contributed by atoms with Crippen molar-refractivity contribution in [3.63, 3.8) is 0 Å². The molecule has 0 bridgehead atoms. The topological polar surface area (TPSA) is 88.9 Å². The molecule has 0 aliphatic carbocycles. The fraction of sp³-hybridized carbons (Fsp3) is 0.400. The van der Waals surface area contributed by atoms with Gasteiger partial charge in [0.05, 0.1) is 18.4 Å². The van der Waals surface area contributed by atoms with Gasteiger partial charge in [-0.25, -0.2) is 4.79 Å². The van der Waals surface area contributed by atoms with E-state index in [1.165, 1.54) is 12.1 Å². The van der Waals surface area contributed by atoms with Crippen LogP contribution < -0.4 is 5.63 Å². The van der Waals surface area contributed by atoms with Gasteiger partial charge in [-0.15, -0.1) is 0 Å². The van der Waals surface area contributed by atoms with Crippen molar-refractivity contribution in [3.05, 3.63) is 57.3 Å². The SMILES string of the molecule is Cc1noc(C)c1COC1CCN(Cc2cc(=O)oc3cc(O)ccc23)C1. The van der Waals surface area contributed by atoms with Crippen molar-refractivity contribution in [1.82, 2.24) is 10.1 Å². The van der Waals surface area contributed by atoms with Crippen molar-refractivity contribution in [3.8, 4) is 5.75 Å². The fourth-order valence-electron chi connectivity index (χ4n) is 3.58. The molecule has 142 valence electrons. The van der Waals surface area contributed by atoms with Crippen LogP contribution >= 0.6 is 0 Å². The summed E-state index contributed by atoms with van der Waals surface area (Å²) in [5.41, 5.74) is 2.78. The zero-order chi connectivity index (χ0) is 19.0. The van der Waals surface area contributed by atoms with Crippen LogP contribution in [0.15, 0.2) is 38.0 Å². The number of aryl methyl sites for hydroxylation is 2. The van der Waals surface area contributed by atoms with E-state index in [1.54, 1.807) is 12.1 Å². The summed E-state index contributed by atoms with van der Waals surface area (Å²) in [5, 5.41) is 14.4. The molecular formula is C20H22N2O5. The van der Waals surface area contributed by atoms with E-state index >= 15 is 0 Å². The van der Waals surface area contributed by atoms with Crippen molar-refractivity contribution >= 4 is 11.0 Å². The molecular weight excluding hydrogens is 348 g/mol. The minimum absolute atomic E-state index is 0.0803. The molecule has 0 saturated carbocycles. The van der Waals surface area contributed by atoms with Gasteiger partial charge in [-0.2, -0.15) is 0 Å². The zero-order valence-electron chi connectivity index (χ0n) is 15.4. The van der Waals surface area contributed by atoms with E-state index in [1.807, 2.05) is 13.8 Å². The number of fused-ring (bicyclic) bond motifs is 1. The van der Waals surface area contributed by atoms with Crippen LogP contribution in [0.3, 0.4) is 0 Å². The highest BCUT2D eigenvalue weighted by Gasteiger charge is 2.24. The standard InChI is InChI=1S/C20H22N2O5/c1-12-18(13(2)27-21-12)11-25-16-5-6-22(10-16)9-14-7-20(24)26-19-8-15(23)3-4-17(14)19/h3-4,7-8,16,23H,5-6,9-11H2,1-2H3. The first-order chi connectivity index (χ1) is 13.0. The maximum absolute atomic E-state index is 11.8. The van der Waals surface area contributed by atoms with Crippen molar-refractivity contribution in [2.24, 2.45) is 0 Å². The van der Waals surface area contributed by atoms with Crippen molar-refractivity contribution in [2.75, 3.05) is 13.1 Å². The summed E-state index contributed by atoms with van der Waals surface area (Å²) in [7, 11) is 0. The second-order valence-corrected chi connectivity index (χ2v) is 7.03. The Morgan fingerprint density at radius 3 is 2.96 bits per heavy atom. The first-order valence-corrected chi connectivity index (χ1v) is 9.01. The summed E-state index contributed by atoms with van der Waals surface area (Å²) < 4.78 is 16.4. The highest BCUT2D eigenvalue weighted by Crippen LogP contribution is 2.25. The van der Waals surface area contributed by atoms with Gasteiger partial charge >= 0.3 is 5.63 Å². The van der Waals surface area contributed by atoms with Crippen LogP contribution in [0, 0.1) is 13.8 Å². The smallest absolute Gasteiger partial charge is 0.336 e. The monoisotopic (exact) mass is 370 g/mol. The number of aromatic nitrogens is 1. The molecule has 1 unspecified atom stereocenters. The molecule has 1 atom stereocenters. The van der Waals surface area contributed by atoms with Gasteiger partial charge in [-0.1, -0.05) is 5.16 Å². The summed E-state index contributed by atoms with van der Waals surface area (Å²) in [4.78, 5) is 14.1. The first-order valence-electron chi connectivity index (χ1n) is 9.01. The molecule has 1 fully saturated rings. The Bertz CT molecular complexity index is 1000. The first kappa shape index (κ1) is 17.8. The molecule has 7 nitrogen and oxygen atoms in total. The molecule has 0 amide bonds. The van der Waals surface area contributed by atoms with Crippen molar-refractivity contribution in [1.29, 1.82) is 0 Å². The van der Waals surface area contributed by atoms with Crippen LogP contribution in [-0.4, -0.2) is 34.4 Å². The molecule has 2 aromatic heterocycles. The van der Waals surface area contributed by atoms with Gasteiger partial charge in [-0.3, -0.25) is 4.90 Å². The number of hydrogen-bond acceptors (Lipinski definition) is 7. The van der Waals surface area contributed by atoms with Gasteiger partial charge in [-0.05, 0) is 38.0 Å². The molecule has 0 radical (unpaired) electrons. The Morgan fingerprint density at radius 1 is 1.33 bits per heavy atom. The van der Waals surface area contributed by atoms with Crippen LogP contribution in [0.5, 0.6) is 5.75 Å². The van der Waals surface area contributed by atoms with E-state index < -0.39 is 5.63 Å². The third-order valence-corrected chi connectivity index (χ3v) is 5.08. The Labute approximate surface area is 156 Å². The van der Waals surface area contributed by atoms with Crippen LogP contribution in [0.1, 0.15) is 29.0 Å². The number of nitrogens with zero attached hydrogens (tertiary/aromatic N) is 2. The summed E-state index contributed by atoms with van der Waals surface area (Å²) in [6.07, 6.45) is 1.07. The van der Waals surface area contributed by atoms with Gasteiger partial charge in [0.2, 0.25) is 0 Å². The lowest BCUT2D eigenvalue weighted by molar-refractivity contribution is 0.0453. The minimum Gasteiger partial charge on any atom is -0.508 e. The van der Waals surface area contributed by atoms with E-state index in [4.69, 9.17) is 13.7 Å². The van der Waals surface area contributed by atoms with Crippen LogP contribution in [-0.2, 0) is 17.9 Å². The number of aromatic hydroxyl groups is 1. The average molecular weight is 370 g/mol. The van der Waals surface area contributed by atoms with Crippen LogP contribution in [0.2, 0.25) is 0 Å². The number of rotatable bonds is 5. The quantitative estimate of drug-likeness (QED) is 0.691. The molecule has 1 aromatic carbocycles. The number of ether oxygens (including phenoxy) is 1. The fourth-order valence-corrected chi connectivity index (χ4v) is 3.58. The van der Waals surface area contributed by atoms with Gasteiger partial charge in [0.15, 0.2) is 0 Å². The van der Waals surface area contributed by atoms with E-state index in [-0.39, 0.29) is 11.9 Å². The van der Waals surface area contributed by atoms with Crippen LogP contribution in [0.4, 0.5) is 0 Å². The molecule has 1 N–H and O–H groups in total. The Hall–Kier alpha value is -2.64. The summed E-state index contributed by atoms with van der Waals surface area (Å²) >= 11 is 0. The normalized spacial score (nSPS) is 17.8. The second kappa shape index (κ2) is 7.17. The molecule has 7 heteroatoms. The molecule has 1 aliphatic rings. The zero-order valence-corrected chi connectivity index (χ0v) is 15.4. The predicted octanol–water partition coefficient (Wildman–Crippen LogP) is 2.89. The van der Waals surface area contributed by atoms with Gasteiger partial charge in [0.1, 0.15) is 17.1 Å². The highest BCUT2D eigenvalue weighted by atomic mass is 16.5. The van der Waals surface area contributed by atoms with Crippen molar-refractivity contribution in [2.45, 2.75) is 39.5 Å². The van der Waals surface area contributed by atoms with E-state index in [9.17, 15) is 9.90 Å². The molecule has 4 rings (SSSR count). The maximum Gasteiger partial charge on any atom is 0.336 e. The highest BCUT2D eigenvalue weighted by molar-refractivity contribution is 5.81. The van der Waals surface area contributed by atoms with E-state index in [0.717, 1.165) is 47.5 Å². The summed E-state index contributed by atoms with van der Waals surface area (Å²) in [6.45, 7) is 6.63. The maximum atomic E-state index is 11.8. The molecule has 3 aromatic rings. The lowest BCUT2D eigenvalue weighted by Crippen LogP contribution is -2.23. The molecule has 27 heavy (non-hydrogen) atoms. The number of hydrogen-bond donors (Lipinski definition) is 1. The number of likely N-dealkylation sites (tertiary alicyclic amines) is 1. The molecule has 0 spiro atoms. The summed E-state index contributed by atoms with van der Waals surface area (Å²) in [5.74, 6) is 0.879. The molecule has 1 aliphatic heterocycles. The number of benzene rings is 1. The van der Waals surface area contributed by atoms with Crippen LogP contribution in [0.25, 0.3) is 11.0 Å².